The van der Waals surface area contributed by atoms with Gasteiger partial charge in [0.25, 0.3) is 5.91 Å². The minimum Gasteiger partial charge on any atom is -0.338 e. The van der Waals surface area contributed by atoms with Gasteiger partial charge in [-0.15, -0.1) is 0 Å². The summed E-state index contributed by atoms with van der Waals surface area (Å²) in [5.41, 5.74) is 1.55. The fourth-order valence-corrected chi connectivity index (χ4v) is 3.05. The number of nitrogens with one attached hydrogen (secondary N) is 1. The van der Waals surface area contributed by atoms with Crippen molar-refractivity contribution in [3.63, 3.8) is 0 Å². The Hall–Kier alpha value is -1.89. The molecule has 0 radical (unpaired) electrons. The molecule has 2 heterocycles. The maximum atomic E-state index is 12.6. The Labute approximate surface area is 156 Å². The third-order valence-corrected chi connectivity index (χ3v) is 4.59. The molecular formula is C17H19Cl2N5O. The van der Waals surface area contributed by atoms with Crippen LogP contribution in [-0.4, -0.2) is 54.0 Å². The number of hydrogen-bond acceptors (Lipinski definition) is 5. The largest absolute Gasteiger partial charge is 0.338 e. The van der Waals surface area contributed by atoms with Gasteiger partial charge in [0.2, 0.25) is 5.95 Å². The lowest BCUT2D eigenvalue weighted by Gasteiger charge is -2.32. The number of halogens is 2. The fraction of sp³-hybridized carbons (Fsp3) is 0.353. The van der Waals surface area contributed by atoms with Crippen LogP contribution in [0.1, 0.15) is 16.2 Å². The van der Waals surface area contributed by atoms with Gasteiger partial charge >= 0.3 is 0 Å². The van der Waals surface area contributed by atoms with Crippen LogP contribution < -0.4 is 10.2 Å². The van der Waals surface area contributed by atoms with Crippen molar-refractivity contribution < 1.29 is 4.79 Å². The molecule has 3 rings (SSSR count). The average Bonchev–Trinajstić information content (AvgIpc) is 2.57. The molecule has 1 amide bonds. The van der Waals surface area contributed by atoms with Crippen molar-refractivity contribution in [1.82, 2.24) is 14.9 Å². The molecule has 25 heavy (non-hydrogen) atoms. The normalized spacial score (nSPS) is 15.3. The molecule has 1 aromatic carbocycles. The molecule has 0 atom stereocenters. The number of aromatic nitrogens is 2. The monoisotopic (exact) mass is 379 g/mol. The average molecular weight is 380 g/mol. The molecule has 1 aliphatic heterocycles. The second-order valence-corrected chi connectivity index (χ2v) is 6.91. The van der Waals surface area contributed by atoms with Crippen LogP contribution in [-0.2, 0) is 0 Å². The summed E-state index contributed by atoms with van der Waals surface area (Å²) in [4.78, 5) is 25.8. The Morgan fingerprint density at radius 1 is 1.12 bits per heavy atom. The van der Waals surface area contributed by atoms with Crippen LogP contribution >= 0.6 is 23.2 Å². The maximum absolute atomic E-state index is 12.6. The van der Waals surface area contributed by atoms with E-state index in [0.29, 0.717) is 27.4 Å². The number of piperazine rings is 1. The van der Waals surface area contributed by atoms with E-state index in [4.69, 9.17) is 23.2 Å². The van der Waals surface area contributed by atoms with Crippen molar-refractivity contribution in [2.75, 3.05) is 43.4 Å². The highest BCUT2D eigenvalue weighted by atomic mass is 35.5. The summed E-state index contributed by atoms with van der Waals surface area (Å²) in [5, 5.41) is 3.66. The van der Waals surface area contributed by atoms with Crippen LogP contribution in [0.25, 0.3) is 0 Å². The Kier molecular flexibility index (Phi) is 5.42. The van der Waals surface area contributed by atoms with Crippen LogP contribution in [0.4, 0.5) is 11.6 Å². The number of aryl methyl sites for hydroxylation is 1. The van der Waals surface area contributed by atoms with Crippen molar-refractivity contribution in [2.24, 2.45) is 0 Å². The third-order valence-electron chi connectivity index (χ3n) is 4.04. The lowest BCUT2D eigenvalue weighted by atomic mass is 10.2. The van der Waals surface area contributed by atoms with Crippen LogP contribution in [0.2, 0.25) is 10.0 Å². The Bertz CT molecular complexity index is 791. The van der Waals surface area contributed by atoms with Crippen LogP contribution in [0.15, 0.2) is 24.3 Å². The van der Waals surface area contributed by atoms with Gasteiger partial charge in [0.05, 0.1) is 10.7 Å². The van der Waals surface area contributed by atoms with Crippen molar-refractivity contribution in [1.29, 1.82) is 0 Å². The number of rotatable bonds is 3. The van der Waals surface area contributed by atoms with Gasteiger partial charge in [-0.05, 0) is 38.2 Å². The maximum Gasteiger partial charge on any atom is 0.274 e. The predicted octanol–water partition coefficient (Wildman–Crippen LogP) is 3.10. The third kappa shape index (κ3) is 4.39. The molecule has 0 bridgehead atoms. The van der Waals surface area contributed by atoms with Crippen molar-refractivity contribution in [3.8, 4) is 0 Å². The summed E-state index contributed by atoms with van der Waals surface area (Å²) in [7, 11) is 2.09. The van der Waals surface area contributed by atoms with E-state index in [0.717, 1.165) is 31.9 Å². The lowest BCUT2D eigenvalue weighted by molar-refractivity contribution is 0.102. The van der Waals surface area contributed by atoms with Gasteiger partial charge in [-0.3, -0.25) is 4.79 Å². The van der Waals surface area contributed by atoms with Crippen LogP contribution in [0.5, 0.6) is 0 Å². The molecule has 2 aromatic rings. The Morgan fingerprint density at radius 2 is 1.84 bits per heavy atom. The zero-order valence-electron chi connectivity index (χ0n) is 14.1. The molecule has 8 heteroatoms. The molecule has 0 unspecified atom stereocenters. The summed E-state index contributed by atoms with van der Waals surface area (Å²) in [6, 6.07) is 6.58. The molecule has 1 N–H and O–H groups in total. The Balaban J connectivity index is 1.80. The lowest BCUT2D eigenvalue weighted by Crippen LogP contribution is -2.45. The van der Waals surface area contributed by atoms with Gasteiger partial charge in [-0.25, -0.2) is 9.97 Å². The van der Waals surface area contributed by atoms with Crippen LogP contribution in [0.3, 0.4) is 0 Å². The van der Waals surface area contributed by atoms with E-state index in [9.17, 15) is 4.79 Å². The van der Waals surface area contributed by atoms with Gasteiger partial charge in [0.15, 0.2) is 0 Å². The molecule has 0 aliphatic carbocycles. The zero-order valence-corrected chi connectivity index (χ0v) is 15.6. The summed E-state index contributed by atoms with van der Waals surface area (Å²) in [6.45, 7) is 5.42. The SMILES string of the molecule is Cc1cc(C(=O)Nc2ccc(Cl)cc2Cl)nc(N2CCN(C)CC2)n1. The highest BCUT2D eigenvalue weighted by Crippen LogP contribution is 2.26. The molecular weight excluding hydrogens is 361 g/mol. The first-order valence-electron chi connectivity index (χ1n) is 7.98. The number of nitrogens with zero attached hydrogens (tertiary/aromatic N) is 4. The van der Waals surface area contributed by atoms with Gasteiger partial charge in [-0.2, -0.15) is 0 Å². The first-order chi connectivity index (χ1) is 11.9. The van der Waals surface area contributed by atoms with Gasteiger partial charge in [0, 0.05) is 36.9 Å². The van der Waals surface area contributed by atoms with E-state index in [-0.39, 0.29) is 5.91 Å². The number of carbonyl (C=O) groups excluding carboxylic acids is 1. The highest BCUT2D eigenvalue weighted by molar-refractivity contribution is 6.36. The predicted molar refractivity (Wildman–Crippen MR) is 101 cm³/mol. The minimum absolute atomic E-state index is 0.312. The number of benzene rings is 1. The topological polar surface area (TPSA) is 61.4 Å². The van der Waals surface area contributed by atoms with E-state index in [2.05, 4.69) is 32.1 Å². The number of hydrogen-bond donors (Lipinski definition) is 1. The van der Waals surface area contributed by atoms with Gasteiger partial charge in [-0.1, -0.05) is 23.2 Å². The molecule has 1 aliphatic rings. The smallest absolute Gasteiger partial charge is 0.274 e. The number of anilines is 2. The van der Waals surface area contributed by atoms with Gasteiger partial charge < -0.3 is 15.1 Å². The second kappa shape index (κ2) is 7.56. The summed E-state index contributed by atoms with van der Waals surface area (Å²) >= 11 is 12.0. The molecule has 0 saturated carbocycles. The number of amides is 1. The van der Waals surface area contributed by atoms with Crippen LogP contribution in [0, 0.1) is 6.92 Å². The molecule has 1 aromatic heterocycles. The molecule has 0 spiro atoms. The minimum atomic E-state index is -0.329. The highest BCUT2D eigenvalue weighted by Gasteiger charge is 2.19. The Morgan fingerprint density at radius 3 is 2.52 bits per heavy atom. The van der Waals surface area contributed by atoms with E-state index < -0.39 is 0 Å². The summed E-state index contributed by atoms with van der Waals surface area (Å²) < 4.78 is 0. The second-order valence-electron chi connectivity index (χ2n) is 6.06. The molecule has 1 saturated heterocycles. The molecule has 132 valence electrons. The molecule has 6 nitrogen and oxygen atoms in total. The summed E-state index contributed by atoms with van der Waals surface area (Å²) in [5.74, 6) is 0.255. The van der Waals surface area contributed by atoms with Crippen molar-refractivity contribution in [3.05, 3.63) is 45.7 Å². The molecule has 1 fully saturated rings. The quantitative estimate of drug-likeness (QED) is 0.887. The standard InChI is InChI=1S/C17H19Cl2N5O/c1-11-9-15(16(25)21-14-4-3-12(18)10-13(14)19)22-17(20-11)24-7-5-23(2)6-8-24/h3-4,9-10H,5-8H2,1-2H3,(H,21,25). The van der Waals surface area contributed by atoms with Gasteiger partial charge in [0.1, 0.15) is 5.69 Å². The van der Waals surface area contributed by atoms with Crippen molar-refractivity contribution in [2.45, 2.75) is 6.92 Å². The fourth-order valence-electron chi connectivity index (χ4n) is 2.59. The van der Waals surface area contributed by atoms with E-state index in [1.54, 1.807) is 24.3 Å². The zero-order chi connectivity index (χ0) is 18.0. The summed E-state index contributed by atoms with van der Waals surface area (Å²) in [6.07, 6.45) is 0. The number of carbonyl (C=O) groups is 1. The van der Waals surface area contributed by atoms with E-state index >= 15 is 0 Å². The first-order valence-corrected chi connectivity index (χ1v) is 8.73. The van der Waals surface area contributed by atoms with E-state index in [1.165, 1.54) is 0 Å². The number of likely N-dealkylation sites (N-methyl/N-ethyl adjacent to an activating group) is 1. The van der Waals surface area contributed by atoms with Crippen molar-refractivity contribution >= 4 is 40.7 Å². The van der Waals surface area contributed by atoms with E-state index in [1.807, 2.05) is 6.92 Å². The first kappa shape index (κ1) is 17.9.